The van der Waals surface area contributed by atoms with Crippen LogP contribution in [0.15, 0.2) is 78.9 Å². The van der Waals surface area contributed by atoms with Crippen molar-refractivity contribution in [3.63, 3.8) is 0 Å². The number of rotatable bonds is 11. The third kappa shape index (κ3) is 8.34. The van der Waals surface area contributed by atoms with Gasteiger partial charge in [-0.1, -0.05) is 105 Å². The summed E-state index contributed by atoms with van der Waals surface area (Å²) in [4.78, 5) is 29.4. The Morgan fingerprint density at radius 1 is 0.897 bits per heavy atom. The molecule has 4 rings (SSSR count). The lowest BCUT2D eigenvalue weighted by Gasteiger charge is -2.33. The molecule has 1 N–H and O–H groups in total. The maximum atomic E-state index is 13.9. The average molecular weight is 547 g/mol. The number of benzene rings is 3. The second-order valence-corrected chi connectivity index (χ2v) is 11.1. The van der Waals surface area contributed by atoms with E-state index < -0.39 is 6.04 Å². The van der Waals surface area contributed by atoms with Crippen LogP contribution < -0.4 is 10.1 Å². The predicted molar refractivity (Wildman–Crippen MR) is 157 cm³/mol. The van der Waals surface area contributed by atoms with Gasteiger partial charge in [0.1, 0.15) is 11.8 Å². The summed E-state index contributed by atoms with van der Waals surface area (Å²) in [5.74, 6) is 0.603. The topological polar surface area (TPSA) is 58.6 Å². The van der Waals surface area contributed by atoms with E-state index in [0.29, 0.717) is 17.2 Å². The van der Waals surface area contributed by atoms with E-state index in [2.05, 4.69) is 19.2 Å². The van der Waals surface area contributed by atoms with Crippen LogP contribution in [0, 0.1) is 0 Å². The molecule has 0 radical (unpaired) electrons. The average Bonchev–Trinajstić information content (AvgIpc) is 2.95. The zero-order valence-electron chi connectivity index (χ0n) is 22.9. The maximum absolute atomic E-state index is 13.9. The van der Waals surface area contributed by atoms with Gasteiger partial charge in [-0.15, -0.1) is 0 Å². The first-order chi connectivity index (χ1) is 18.9. The molecule has 1 aliphatic rings. The number of para-hydroxylation sites is 1. The number of hydrogen-bond donors (Lipinski definition) is 1. The minimum atomic E-state index is -0.679. The summed E-state index contributed by atoms with van der Waals surface area (Å²) >= 11 is 6.13. The van der Waals surface area contributed by atoms with Crippen LogP contribution in [0.1, 0.15) is 68.6 Å². The molecular weight excluding hydrogens is 508 g/mol. The molecule has 3 aromatic carbocycles. The number of halogens is 1. The van der Waals surface area contributed by atoms with Gasteiger partial charge in [-0.3, -0.25) is 9.59 Å². The Hall–Kier alpha value is -3.31. The molecule has 1 aliphatic carbocycles. The summed E-state index contributed by atoms with van der Waals surface area (Å²) in [5.41, 5.74) is 2.95. The number of nitrogens with zero attached hydrogens (tertiary/aromatic N) is 1. The lowest BCUT2D eigenvalue weighted by atomic mass is 9.94. The van der Waals surface area contributed by atoms with Gasteiger partial charge < -0.3 is 15.0 Å². The van der Waals surface area contributed by atoms with Gasteiger partial charge in [-0.05, 0) is 53.6 Å². The Balaban J connectivity index is 1.62. The number of nitrogens with one attached hydrogen (secondary N) is 1. The van der Waals surface area contributed by atoms with Crippen molar-refractivity contribution in [2.24, 2.45) is 0 Å². The molecule has 1 fully saturated rings. The second kappa shape index (κ2) is 14.2. The van der Waals surface area contributed by atoms with Crippen molar-refractivity contribution in [3.8, 4) is 5.75 Å². The van der Waals surface area contributed by atoms with Crippen molar-refractivity contribution in [1.29, 1.82) is 0 Å². The number of carbonyl (C=O) groups excluding carboxylic acids is 2. The highest BCUT2D eigenvalue weighted by atomic mass is 35.5. The number of amides is 2. The Bertz CT molecular complexity index is 1210. The molecule has 206 valence electrons. The maximum Gasteiger partial charge on any atom is 0.261 e. The minimum absolute atomic E-state index is 0.115. The standard InChI is InChI=1S/C33H39ClN2O3/c1-24(2)29-15-9-10-16-31(29)39-23-32(37)36(22-26-17-19-27(34)20-18-26)30(21-25-11-5-3-6-12-25)33(38)35-28-13-7-4-8-14-28/h3,5-6,9-12,15-20,24,28,30H,4,7-8,13-14,21-23H2,1-2H3,(H,35,38)/t30-/m1/s1. The molecule has 39 heavy (non-hydrogen) atoms. The number of hydrogen-bond acceptors (Lipinski definition) is 3. The molecule has 0 heterocycles. The van der Waals surface area contributed by atoms with Crippen molar-refractivity contribution in [2.45, 2.75) is 76.9 Å². The number of ether oxygens (including phenoxy) is 1. The van der Waals surface area contributed by atoms with Gasteiger partial charge in [-0.25, -0.2) is 0 Å². The van der Waals surface area contributed by atoms with E-state index in [0.717, 1.165) is 42.4 Å². The fourth-order valence-electron chi connectivity index (χ4n) is 5.20. The quantitative estimate of drug-likeness (QED) is 0.283. The van der Waals surface area contributed by atoms with Gasteiger partial charge in [0.15, 0.2) is 6.61 Å². The monoisotopic (exact) mass is 546 g/mol. The minimum Gasteiger partial charge on any atom is -0.483 e. The highest BCUT2D eigenvalue weighted by Gasteiger charge is 2.32. The smallest absolute Gasteiger partial charge is 0.261 e. The molecule has 0 aliphatic heterocycles. The van der Waals surface area contributed by atoms with Gasteiger partial charge >= 0.3 is 0 Å². The Morgan fingerprint density at radius 3 is 2.26 bits per heavy atom. The Morgan fingerprint density at radius 2 is 1.56 bits per heavy atom. The summed E-state index contributed by atoms with van der Waals surface area (Å²) in [5, 5.41) is 3.90. The van der Waals surface area contributed by atoms with Crippen molar-refractivity contribution >= 4 is 23.4 Å². The molecule has 0 aromatic heterocycles. The molecule has 1 atom stereocenters. The van der Waals surface area contributed by atoms with E-state index in [-0.39, 0.29) is 36.9 Å². The van der Waals surface area contributed by atoms with Crippen LogP contribution in [0.3, 0.4) is 0 Å². The summed E-state index contributed by atoms with van der Waals surface area (Å²) in [6.07, 6.45) is 5.81. The fourth-order valence-corrected chi connectivity index (χ4v) is 5.32. The molecule has 0 unspecified atom stereocenters. The lowest BCUT2D eigenvalue weighted by Crippen LogP contribution is -2.53. The SMILES string of the molecule is CC(C)c1ccccc1OCC(=O)N(Cc1ccc(Cl)cc1)[C@H](Cc1ccccc1)C(=O)NC1CCCCC1. The van der Waals surface area contributed by atoms with Crippen LogP contribution in [0.2, 0.25) is 5.02 Å². The van der Waals surface area contributed by atoms with E-state index in [1.54, 1.807) is 4.90 Å². The van der Waals surface area contributed by atoms with Gasteiger partial charge in [0, 0.05) is 24.0 Å². The molecular formula is C33H39ClN2O3. The Kier molecular flexibility index (Phi) is 10.4. The molecule has 6 heteroatoms. The molecule has 2 amide bonds. The van der Waals surface area contributed by atoms with Crippen LogP contribution in [0.4, 0.5) is 0 Å². The molecule has 0 bridgehead atoms. The molecule has 1 saturated carbocycles. The first-order valence-corrected chi connectivity index (χ1v) is 14.4. The van der Waals surface area contributed by atoms with E-state index in [9.17, 15) is 9.59 Å². The molecule has 0 saturated heterocycles. The molecule has 0 spiro atoms. The van der Waals surface area contributed by atoms with Crippen LogP contribution in [0.25, 0.3) is 0 Å². The van der Waals surface area contributed by atoms with Crippen molar-refractivity contribution in [3.05, 3.63) is 101 Å². The second-order valence-electron chi connectivity index (χ2n) is 10.7. The third-order valence-electron chi connectivity index (χ3n) is 7.38. The highest BCUT2D eigenvalue weighted by molar-refractivity contribution is 6.30. The first-order valence-electron chi connectivity index (χ1n) is 14.0. The molecule has 3 aromatic rings. The van der Waals surface area contributed by atoms with E-state index in [1.807, 2.05) is 78.9 Å². The van der Waals surface area contributed by atoms with Gasteiger partial charge in [0.2, 0.25) is 5.91 Å². The highest BCUT2D eigenvalue weighted by Crippen LogP contribution is 2.26. The van der Waals surface area contributed by atoms with Gasteiger partial charge in [0.05, 0.1) is 0 Å². The Labute approximate surface area is 237 Å². The van der Waals surface area contributed by atoms with Crippen LogP contribution in [-0.4, -0.2) is 35.4 Å². The fraction of sp³-hybridized carbons (Fsp3) is 0.394. The third-order valence-corrected chi connectivity index (χ3v) is 7.63. The summed E-state index contributed by atoms with van der Waals surface area (Å²) in [6.45, 7) is 4.32. The van der Waals surface area contributed by atoms with E-state index in [1.165, 1.54) is 6.42 Å². The van der Waals surface area contributed by atoms with Gasteiger partial charge in [0.25, 0.3) is 5.91 Å². The van der Waals surface area contributed by atoms with Crippen LogP contribution in [0.5, 0.6) is 5.75 Å². The summed E-state index contributed by atoms with van der Waals surface area (Å²) in [6, 6.07) is 24.6. The van der Waals surface area contributed by atoms with Crippen molar-refractivity contribution in [1.82, 2.24) is 10.2 Å². The van der Waals surface area contributed by atoms with Crippen molar-refractivity contribution < 1.29 is 14.3 Å². The van der Waals surface area contributed by atoms with Crippen molar-refractivity contribution in [2.75, 3.05) is 6.61 Å². The van der Waals surface area contributed by atoms with E-state index >= 15 is 0 Å². The lowest BCUT2D eigenvalue weighted by molar-refractivity contribution is -0.143. The van der Waals surface area contributed by atoms with Gasteiger partial charge in [-0.2, -0.15) is 0 Å². The largest absolute Gasteiger partial charge is 0.483 e. The van der Waals surface area contributed by atoms with E-state index in [4.69, 9.17) is 16.3 Å². The first kappa shape index (κ1) is 28.7. The zero-order valence-corrected chi connectivity index (χ0v) is 23.7. The number of carbonyl (C=O) groups is 2. The summed E-state index contributed by atoms with van der Waals surface area (Å²) < 4.78 is 6.08. The summed E-state index contributed by atoms with van der Waals surface area (Å²) in [7, 11) is 0. The normalized spacial score (nSPS) is 14.6. The zero-order chi connectivity index (χ0) is 27.6. The molecule has 5 nitrogen and oxygen atoms in total. The predicted octanol–water partition coefficient (Wildman–Crippen LogP) is 6.93. The van der Waals surface area contributed by atoms with Crippen LogP contribution in [-0.2, 0) is 22.6 Å². The van der Waals surface area contributed by atoms with Crippen LogP contribution >= 0.6 is 11.6 Å².